The van der Waals surface area contributed by atoms with Crippen LogP contribution in [0.15, 0.2) is 30.3 Å². The fourth-order valence-electron chi connectivity index (χ4n) is 2.42. The highest BCUT2D eigenvalue weighted by Crippen LogP contribution is 2.13. The molecule has 0 radical (unpaired) electrons. The van der Waals surface area contributed by atoms with Gasteiger partial charge < -0.3 is 15.0 Å². The van der Waals surface area contributed by atoms with Gasteiger partial charge in [-0.2, -0.15) is 0 Å². The third-order valence-electron chi connectivity index (χ3n) is 3.86. The van der Waals surface area contributed by atoms with Gasteiger partial charge in [-0.3, -0.25) is 4.79 Å². The molecule has 0 aliphatic carbocycles. The molecule has 2 rings (SSSR count). The topological polar surface area (TPSA) is 67.3 Å². The zero-order chi connectivity index (χ0) is 18.9. The molecule has 140 valence electrons. The van der Waals surface area contributed by atoms with Gasteiger partial charge in [-0.05, 0) is 43.7 Å². The Morgan fingerprint density at radius 2 is 1.88 bits per heavy atom. The first-order valence-electron chi connectivity index (χ1n) is 9.02. The number of hydrogen-bond donors (Lipinski definition) is 1. The van der Waals surface area contributed by atoms with Crippen LogP contribution in [0.2, 0.25) is 0 Å². The first-order chi connectivity index (χ1) is 12.5. The molecule has 0 unspecified atom stereocenters. The first-order valence-corrected chi connectivity index (χ1v) is 9.02. The predicted octanol–water partition coefficient (Wildman–Crippen LogP) is 3.35. The van der Waals surface area contributed by atoms with Gasteiger partial charge in [0, 0.05) is 25.4 Å². The van der Waals surface area contributed by atoms with E-state index in [1.807, 2.05) is 44.1 Å². The van der Waals surface area contributed by atoms with Crippen molar-refractivity contribution in [1.82, 2.24) is 15.3 Å². The van der Waals surface area contributed by atoms with Gasteiger partial charge in [0.2, 0.25) is 5.95 Å². The number of aryl methyl sites for hydroxylation is 1. The van der Waals surface area contributed by atoms with Crippen molar-refractivity contribution in [1.29, 1.82) is 0 Å². The van der Waals surface area contributed by atoms with Gasteiger partial charge in [0.25, 0.3) is 5.91 Å². The number of aromatic nitrogens is 2. The Labute approximate surface area is 155 Å². The molecule has 1 amide bonds. The van der Waals surface area contributed by atoms with E-state index in [2.05, 4.69) is 22.2 Å². The molecule has 6 nitrogen and oxygen atoms in total. The number of rotatable bonds is 9. The number of amides is 1. The van der Waals surface area contributed by atoms with Crippen molar-refractivity contribution in [3.05, 3.63) is 47.3 Å². The lowest BCUT2D eigenvalue weighted by atomic mass is 10.2. The third kappa shape index (κ3) is 6.02. The van der Waals surface area contributed by atoms with Gasteiger partial charge in [0.15, 0.2) is 0 Å². The van der Waals surface area contributed by atoms with Gasteiger partial charge in [0.05, 0.1) is 18.8 Å². The summed E-state index contributed by atoms with van der Waals surface area (Å²) in [4.78, 5) is 23.0. The minimum Gasteiger partial charge on any atom is -0.494 e. The molecule has 2 aromatic rings. The lowest BCUT2D eigenvalue weighted by Gasteiger charge is -2.13. The molecule has 0 saturated heterocycles. The smallest absolute Gasteiger partial charge is 0.251 e. The molecular weight excluding hydrogens is 328 g/mol. The van der Waals surface area contributed by atoms with Gasteiger partial charge in [-0.15, -0.1) is 0 Å². The van der Waals surface area contributed by atoms with Crippen molar-refractivity contribution >= 4 is 11.9 Å². The highest BCUT2D eigenvalue weighted by atomic mass is 16.5. The van der Waals surface area contributed by atoms with E-state index in [0.717, 1.165) is 23.6 Å². The van der Waals surface area contributed by atoms with E-state index >= 15 is 0 Å². The van der Waals surface area contributed by atoms with Crippen LogP contribution in [-0.2, 0) is 6.54 Å². The SMILES string of the molecule is CCCCCOc1ccc(C(=O)NCc2cc(C)nc(N(C)C)n2)cc1. The fourth-order valence-corrected chi connectivity index (χ4v) is 2.42. The number of benzene rings is 1. The summed E-state index contributed by atoms with van der Waals surface area (Å²) in [5, 5.41) is 2.90. The van der Waals surface area contributed by atoms with Crippen molar-refractivity contribution in [2.45, 2.75) is 39.7 Å². The Morgan fingerprint density at radius 1 is 1.15 bits per heavy atom. The number of ether oxygens (including phenoxy) is 1. The highest BCUT2D eigenvalue weighted by Gasteiger charge is 2.08. The zero-order valence-corrected chi connectivity index (χ0v) is 16.1. The standard InChI is InChI=1S/C20H28N4O2/c1-5-6-7-12-26-18-10-8-16(9-11-18)19(25)21-14-17-13-15(2)22-20(23-17)24(3)4/h8-11,13H,5-7,12,14H2,1-4H3,(H,21,25). The van der Waals surface area contributed by atoms with Crippen LogP contribution in [0, 0.1) is 6.92 Å². The number of unbranched alkanes of at least 4 members (excludes halogenated alkanes) is 2. The molecule has 1 heterocycles. The Balaban J connectivity index is 1.90. The maximum Gasteiger partial charge on any atom is 0.251 e. The molecule has 0 aliphatic heterocycles. The molecule has 0 saturated carbocycles. The molecular formula is C20H28N4O2. The molecule has 6 heteroatoms. The van der Waals surface area contributed by atoms with E-state index in [-0.39, 0.29) is 5.91 Å². The van der Waals surface area contributed by atoms with E-state index < -0.39 is 0 Å². The second-order valence-electron chi connectivity index (χ2n) is 6.46. The number of nitrogens with zero attached hydrogens (tertiary/aromatic N) is 3. The number of hydrogen-bond acceptors (Lipinski definition) is 5. The summed E-state index contributed by atoms with van der Waals surface area (Å²) in [6.07, 6.45) is 3.38. The fraction of sp³-hybridized carbons (Fsp3) is 0.450. The molecule has 26 heavy (non-hydrogen) atoms. The minimum absolute atomic E-state index is 0.134. The molecule has 0 spiro atoms. The lowest BCUT2D eigenvalue weighted by Crippen LogP contribution is -2.24. The number of carbonyl (C=O) groups excluding carboxylic acids is 1. The maximum absolute atomic E-state index is 12.3. The summed E-state index contributed by atoms with van der Waals surface area (Å²) >= 11 is 0. The summed E-state index contributed by atoms with van der Waals surface area (Å²) in [5.74, 6) is 1.30. The van der Waals surface area contributed by atoms with Gasteiger partial charge >= 0.3 is 0 Å². The second kappa shape index (κ2) is 9.75. The largest absolute Gasteiger partial charge is 0.494 e. The van der Waals surface area contributed by atoms with Crippen molar-refractivity contribution in [2.75, 3.05) is 25.6 Å². The number of nitrogens with one attached hydrogen (secondary N) is 1. The predicted molar refractivity (Wildman–Crippen MR) is 104 cm³/mol. The average molecular weight is 356 g/mol. The lowest BCUT2D eigenvalue weighted by molar-refractivity contribution is 0.0950. The maximum atomic E-state index is 12.3. The molecule has 1 aromatic carbocycles. The number of anilines is 1. The molecule has 0 fully saturated rings. The monoisotopic (exact) mass is 356 g/mol. The summed E-state index contributed by atoms with van der Waals surface area (Å²) < 4.78 is 5.67. The van der Waals surface area contributed by atoms with Gasteiger partial charge in [0.1, 0.15) is 5.75 Å². The van der Waals surface area contributed by atoms with E-state index in [0.29, 0.717) is 24.7 Å². The summed E-state index contributed by atoms with van der Waals surface area (Å²) in [5.41, 5.74) is 2.26. The second-order valence-corrected chi connectivity index (χ2v) is 6.46. The quantitative estimate of drug-likeness (QED) is 0.698. The Kier molecular flexibility index (Phi) is 7.38. The molecule has 0 aliphatic rings. The minimum atomic E-state index is -0.134. The van der Waals surface area contributed by atoms with Crippen LogP contribution in [0.25, 0.3) is 0 Å². The summed E-state index contributed by atoms with van der Waals surface area (Å²) in [6.45, 7) is 5.15. The normalized spacial score (nSPS) is 10.5. The van der Waals surface area contributed by atoms with Gasteiger partial charge in [-0.1, -0.05) is 19.8 Å². The van der Waals surface area contributed by atoms with Crippen LogP contribution in [0.3, 0.4) is 0 Å². The van der Waals surface area contributed by atoms with Crippen LogP contribution < -0.4 is 15.0 Å². The summed E-state index contributed by atoms with van der Waals surface area (Å²) in [7, 11) is 3.78. The molecule has 0 atom stereocenters. The summed E-state index contributed by atoms with van der Waals surface area (Å²) in [6, 6.07) is 9.10. The molecule has 1 N–H and O–H groups in total. The van der Waals surface area contributed by atoms with E-state index in [9.17, 15) is 4.79 Å². The van der Waals surface area contributed by atoms with E-state index in [1.54, 1.807) is 12.1 Å². The van der Waals surface area contributed by atoms with Crippen LogP contribution in [0.1, 0.15) is 47.9 Å². The first kappa shape index (κ1) is 19.7. The van der Waals surface area contributed by atoms with Crippen molar-refractivity contribution in [3.63, 3.8) is 0 Å². The van der Waals surface area contributed by atoms with Crippen LogP contribution in [-0.4, -0.2) is 36.6 Å². The highest BCUT2D eigenvalue weighted by molar-refractivity contribution is 5.94. The molecule has 0 bridgehead atoms. The molecule has 1 aromatic heterocycles. The Hall–Kier alpha value is -2.63. The van der Waals surface area contributed by atoms with Crippen molar-refractivity contribution in [3.8, 4) is 5.75 Å². The van der Waals surface area contributed by atoms with Crippen LogP contribution in [0.5, 0.6) is 5.75 Å². The van der Waals surface area contributed by atoms with E-state index in [1.165, 1.54) is 12.8 Å². The van der Waals surface area contributed by atoms with Crippen LogP contribution >= 0.6 is 0 Å². The van der Waals surface area contributed by atoms with Crippen molar-refractivity contribution in [2.24, 2.45) is 0 Å². The van der Waals surface area contributed by atoms with E-state index in [4.69, 9.17) is 4.74 Å². The van der Waals surface area contributed by atoms with Crippen LogP contribution in [0.4, 0.5) is 5.95 Å². The van der Waals surface area contributed by atoms with Crippen molar-refractivity contribution < 1.29 is 9.53 Å². The Bertz CT molecular complexity index is 714. The zero-order valence-electron chi connectivity index (χ0n) is 16.1. The Morgan fingerprint density at radius 3 is 2.54 bits per heavy atom. The third-order valence-corrected chi connectivity index (χ3v) is 3.86. The average Bonchev–Trinajstić information content (AvgIpc) is 2.63. The van der Waals surface area contributed by atoms with Gasteiger partial charge in [-0.25, -0.2) is 9.97 Å². The number of carbonyl (C=O) groups is 1.